The molecule has 0 aliphatic heterocycles. The third kappa shape index (κ3) is 3.65. The van der Waals surface area contributed by atoms with E-state index in [2.05, 4.69) is 34.7 Å². The number of benzene rings is 1. The number of tetrazole rings is 1. The number of aromatic nitrogens is 4. The first-order valence-electron chi connectivity index (χ1n) is 6.01. The minimum absolute atomic E-state index is 0.518. The fourth-order valence-corrected chi connectivity index (χ4v) is 2.12. The topological polar surface area (TPSA) is 55.6 Å². The van der Waals surface area contributed by atoms with Crippen LogP contribution in [0.2, 0.25) is 10.0 Å². The molecule has 0 unspecified atom stereocenters. The van der Waals surface area contributed by atoms with Crippen molar-refractivity contribution in [1.82, 2.24) is 25.5 Å². The molecule has 7 heteroatoms. The van der Waals surface area contributed by atoms with Crippen LogP contribution in [0.5, 0.6) is 0 Å². The van der Waals surface area contributed by atoms with Gasteiger partial charge >= 0.3 is 0 Å². The highest BCUT2D eigenvalue weighted by atomic mass is 35.5. The van der Waals surface area contributed by atoms with Gasteiger partial charge in [-0.05, 0) is 41.1 Å². The minimum Gasteiger partial charge on any atom is -0.310 e. The second-order valence-corrected chi connectivity index (χ2v) is 5.47. The third-order valence-electron chi connectivity index (χ3n) is 2.51. The van der Waals surface area contributed by atoms with Crippen molar-refractivity contribution >= 4 is 23.2 Å². The lowest BCUT2D eigenvalue weighted by Gasteiger charge is -2.09. The van der Waals surface area contributed by atoms with Crippen molar-refractivity contribution in [3.63, 3.8) is 0 Å². The van der Waals surface area contributed by atoms with Gasteiger partial charge < -0.3 is 5.32 Å². The Kier molecular flexibility index (Phi) is 4.74. The van der Waals surface area contributed by atoms with Gasteiger partial charge in [-0.2, -0.15) is 4.68 Å². The van der Waals surface area contributed by atoms with Crippen LogP contribution in [0, 0.1) is 5.92 Å². The van der Waals surface area contributed by atoms with Crippen molar-refractivity contribution in [1.29, 1.82) is 0 Å². The van der Waals surface area contributed by atoms with Crippen molar-refractivity contribution in [2.24, 2.45) is 5.92 Å². The molecule has 1 N–H and O–H groups in total. The quantitative estimate of drug-likeness (QED) is 0.922. The van der Waals surface area contributed by atoms with E-state index in [1.165, 1.54) is 0 Å². The Morgan fingerprint density at radius 2 is 2.11 bits per heavy atom. The van der Waals surface area contributed by atoms with E-state index in [9.17, 15) is 0 Å². The Labute approximate surface area is 121 Å². The first kappa shape index (κ1) is 14.2. The summed E-state index contributed by atoms with van der Waals surface area (Å²) in [6.07, 6.45) is 0. The van der Waals surface area contributed by atoms with Crippen LogP contribution < -0.4 is 5.32 Å². The summed E-state index contributed by atoms with van der Waals surface area (Å²) in [5.74, 6) is 1.29. The largest absolute Gasteiger partial charge is 0.310 e. The summed E-state index contributed by atoms with van der Waals surface area (Å²) >= 11 is 12.0. The van der Waals surface area contributed by atoms with Crippen molar-refractivity contribution in [3.8, 4) is 5.69 Å². The molecule has 0 fully saturated rings. The SMILES string of the molecule is CC(C)CNCc1nnnn1-c1ccc(Cl)cc1Cl. The number of rotatable bonds is 5. The van der Waals surface area contributed by atoms with E-state index < -0.39 is 0 Å². The average molecular weight is 300 g/mol. The Morgan fingerprint density at radius 1 is 1.32 bits per heavy atom. The Bertz CT molecular complexity index is 553. The lowest BCUT2D eigenvalue weighted by molar-refractivity contribution is 0.538. The molecule has 0 saturated carbocycles. The Balaban J connectivity index is 2.19. The zero-order chi connectivity index (χ0) is 13.8. The maximum atomic E-state index is 6.16. The second kappa shape index (κ2) is 6.32. The van der Waals surface area contributed by atoms with Gasteiger partial charge in [-0.3, -0.25) is 0 Å². The number of nitrogens with one attached hydrogen (secondary N) is 1. The normalized spacial score (nSPS) is 11.2. The predicted octanol–water partition coefficient (Wildman–Crippen LogP) is 2.71. The van der Waals surface area contributed by atoms with E-state index in [0.717, 1.165) is 12.2 Å². The van der Waals surface area contributed by atoms with E-state index in [1.54, 1.807) is 22.9 Å². The molecule has 2 rings (SSSR count). The summed E-state index contributed by atoms with van der Waals surface area (Å²) in [7, 11) is 0. The van der Waals surface area contributed by atoms with Gasteiger partial charge in [0.2, 0.25) is 0 Å². The number of halogens is 2. The van der Waals surface area contributed by atoms with Gasteiger partial charge in [-0.25, -0.2) is 0 Å². The van der Waals surface area contributed by atoms with Crippen LogP contribution in [0.25, 0.3) is 5.69 Å². The van der Waals surface area contributed by atoms with Gasteiger partial charge in [0.05, 0.1) is 17.3 Å². The van der Waals surface area contributed by atoms with E-state index in [-0.39, 0.29) is 0 Å². The van der Waals surface area contributed by atoms with Crippen LogP contribution in [0.3, 0.4) is 0 Å². The van der Waals surface area contributed by atoms with Gasteiger partial charge in [0, 0.05) is 5.02 Å². The zero-order valence-corrected chi connectivity index (χ0v) is 12.3. The fourth-order valence-electron chi connectivity index (χ4n) is 1.63. The molecular formula is C12H15Cl2N5. The van der Waals surface area contributed by atoms with Crippen molar-refractivity contribution in [2.75, 3.05) is 6.54 Å². The lowest BCUT2D eigenvalue weighted by atomic mass is 10.2. The molecule has 1 heterocycles. The van der Waals surface area contributed by atoms with Gasteiger partial charge in [0.25, 0.3) is 0 Å². The second-order valence-electron chi connectivity index (χ2n) is 4.63. The zero-order valence-electron chi connectivity index (χ0n) is 10.8. The summed E-state index contributed by atoms with van der Waals surface area (Å²) in [5.41, 5.74) is 0.720. The molecule has 0 spiro atoms. The van der Waals surface area contributed by atoms with Gasteiger partial charge in [-0.1, -0.05) is 37.0 Å². The van der Waals surface area contributed by atoms with Crippen molar-refractivity contribution in [3.05, 3.63) is 34.1 Å². The molecular weight excluding hydrogens is 285 g/mol. The molecule has 5 nitrogen and oxygen atoms in total. The monoisotopic (exact) mass is 299 g/mol. The number of nitrogens with zero attached hydrogens (tertiary/aromatic N) is 4. The maximum absolute atomic E-state index is 6.16. The summed E-state index contributed by atoms with van der Waals surface area (Å²) in [6.45, 7) is 5.78. The van der Waals surface area contributed by atoms with Crippen molar-refractivity contribution < 1.29 is 0 Å². The van der Waals surface area contributed by atoms with Crippen LogP contribution in [-0.4, -0.2) is 26.8 Å². The Hall–Kier alpha value is -1.17. The molecule has 0 aliphatic rings. The molecule has 0 amide bonds. The first-order chi connectivity index (χ1) is 9.08. The third-order valence-corrected chi connectivity index (χ3v) is 3.05. The van der Waals surface area contributed by atoms with Crippen LogP contribution in [-0.2, 0) is 6.54 Å². The molecule has 0 radical (unpaired) electrons. The van der Waals surface area contributed by atoms with Crippen molar-refractivity contribution in [2.45, 2.75) is 20.4 Å². The van der Waals surface area contributed by atoms with Crippen LogP contribution in [0.4, 0.5) is 0 Å². The smallest absolute Gasteiger partial charge is 0.170 e. The van der Waals surface area contributed by atoms with Gasteiger partial charge in [-0.15, -0.1) is 5.10 Å². The van der Waals surface area contributed by atoms with E-state index in [0.29, 0.717) is 28.3 Å². The Morgan fingerprint density at radius 3 is 2.79 bits per heavy atom. The summed E-state index contributed by atoms with van der Waals surface area (Å²) in [6, 6.07) is 5.23. The van der Waals surface area contributed by atoms with Crippen LogP contribution in [0.1, 0.15) is 19.7 Å². The summed E-state index contributed by atoms with van der Waals surface area (Å²) < 4.78 is 1.62. The average Bonchev–Trinajstić information content (AvgIpc) is 2.77. The lowest BCUT2D eigenvalue weighted by Crippen LogP contribution is -2.21. The van der Waals surface area contributed by atoms with E-state index >= 15 is 0 Å². The highest BCUT2D eigenvalue weighted by molar-refractivity contribution is 6.35. The molecule has 0 aliphatic carbocycles. The number of hydrogen-bond donors (Lipinski definition) is 1. The summed E-state index contributed by atoms with van der Waals surface area (Å²) in [4.78, 5) is 0. The maximum Gasteiger partial charge on any atom is 0.170 e. The first-order valence-corrected chi connectivity index (χ1v) is 6.77. The molecule has 1 aromatic carbocycles. The van der Waals surface area contributed by atoms with E-state index in [1.807, 2.05) is 0 Å². The highest BCUT2D eigenvalue weighted by Crippen LogP contribution is 2.24. The number of hydrogen-bond acceptors (Lipinski definition) is 4. The fraction of sp³-hybridized carbons (Fsp3) is 0.417. The molecule has 19 heavy (non-hydrogen) atoms. The van der Waals surface area contributed by atoms with E-state index in [4.69, 9.17) is 23.2 Å². The molecule has 2 aromatic rings. The molecule has 1 aromatic heterocycles. The minimum atomic E-state index is 0.518. The van der Waals surface area contributed by atoms with Gasteiger partial charge in [0.15, 0.2) is 5.82 Å². The molecule has 0 atom stereocenters. The standard InChI is InChI=1S/C12H15Cl2N5/c1-8(2)6-15-7-12-16-17-18-19(12)11-4-3-9(13)5-10(11)14/h3-5,8,15H,6-7H2,1-2H3. The molecule has 0 bridgehead atoms. The summed E-state index contributed by atoms with van der Waals surface area (Å²) in [5, 5.41) is 16.1. The van der Waals surface area contributed by atoms with Crippen LogP contribution >= 0.6 is 23.2 Å². The highest BCUT2D eigenvalue weighted by Gasteiger charge is 2.11. The predicted molar refractivity (Wildman–Crippen MR) is 75.7 cm³/mol. The van der Waals surface area contributed by atoms with Crippen LogP contribution in [0.15, 0.2) is 18.2 Å². The van der Waals surface area contributed by atoms with Gasteiger partial charge in [0.1, 0.15) is 0 Å². The molecule has 102 valence electrons. The molecule has 0 saturated heterocycles.